The molecular formula is C28H50N2O4S. The van der Waals surface area contributed by atoms with Gasteiger partial charge in [0.1, 0.15) is 4.90 Å². The zero-order valence-electron chi connectivity index (χ0n) is 22.8. The van der Waals surface area contributed by atoms with Gasteiger partial charge >= 0.3 is 0 Å². The van der Waals surface area contributed by atoms with Crippen molar-refractivity contribution in [3.05, 3.63) is 23.8 Å². The monoisotopic (exact) mass is 510 g/mol. The SMILES string of the molecule is C.CC.CC(=O)c1ccc(N(C)C)c(S(=O)(=O)N2CCOCC2)c1.CC1C(C)(C)C2CC[C@]1(C)C2. The average Bonchev–Trinajstić information content (AvgIpc) is 3.30. The van der Waals surface area contributed by atoms with Crippen molar-refractivity contribution in [2.24, 2.45) is 22.7 Å². The Morgan fingerprint density at radius 1 is 1.11 bits per heavy atom. The smallest absolute Gasteiger partial charge is 0.245 e. The molecule has 1 heterocycles. The van der Waals surface area contributed by atoms with Gasteiger partial charge in [-0.25, -0.2) is 8.42 Å². The van der Waals surface area contributed by atoms with Crippen LogP contribution in [0.2, 0.25) is 0 Å². The van der Waals surface area contributed by atoms with Crippen molar-refractivity contribution in [1.82, 2.24) is 4.31 Å². The number of Topliss-reactive ketones (excluding diaryl/α,β-unsaturated/α-hetero) is 1. The Labute approximate surface area is 215 Å². The second-order valence-corrected chi connectivity index (χ2v) is 12.7. The standard InChI is InChI=1S/C14H20N2O4S.C11H20.C2H6.CH4/c1-11(17)12-4-5-13(15(2)3)14(10-12)21(18,19)16-6-8-20-9-7-16;1-8-10(2,3)9-5-6-11(8,4)7-9;1-2;/h4-5,10H,6-9H2,1-3H3;8-9H,5-7H2,1-4H3;1-2H3;1H4/t;8?,9?,11-;;/m.1../s1. The Morgan fingerprint density at radius 2 is 1.69 bits per heavy atom. The van der Waals surface area contributed by atoms with Crippen LogP contribution in [0.3, 0.4) is 0 Å². The van der Waals surface area contributed by atoms with E-state index in [2.05, 4.69) is 27.7 Å². The molecular weight excluding hydrogens is 460 g/mol. The van der Waals surface area contributed by atoms with Crippen molar-refractivity contribution in [3.63, 3.8) is 0 Å². The molecule has 6 nitrogen and oxygen atoms in total. The molecule has 4 rings (SSSR count). The van der Waals surface area contributed by atoms with Crippen LogP contribution >= 0.6 is 0 Å². The molecule has 7 heteroatoms. The van der Waals surface area contributed by atoms with Gasteiger partial charge in [0, 0.05) is 32.7 Å². The van der Waals surface area contributed by atoms with E-state index in [1.54, 1.807) is 31.1 Å². The van der Waals surface area contributed by atoms with Gasteiger partial charge in [-0.2, -0.15) is 4.31 Å². The third-order valence-corrected chi connectivity index (χ3v) is 10.4. The first-order valence-corrected chi connectivity index (χ1v) is 14.1. The predicted molar refractivity (Wildman–Crippen MR) is 147 cm³/mol. The van der Waals surface area contributed by atoms with Gasteiger partial charge in [-0.05, 0) is 67.1 Å². The molecule has 3 fully saturated rings. The van der Waals surface area contributed by atoms with Crippen LogP contribution in [0.5, 0.6) is 0 Å². The lowest BCUT2D eigenvalue weighted by atomic mass is 9.65. The summed E-state index contributed by atoms with van der Waals surface area (Å²) in [4.78, 5) is 13.4. The number of sulfonamides is 1. The van der Waals surface area contributed by atoms with E-state index in [0.29, 0.717) is 48.4 Å². The zero-order valence-corrected chi connectivity index (χ0v) is 23.6. The van der Waals surface area contributed by atoms with E-state index >= 15 is 0 Å². The summed E-state index contributed by atoms with van der Waals surface area (Å²) in [7, 11) is -0.0765. The van der Waals surface area contributed by atoms with Gasteiger partial charge in [0.05, 0.1) is 18.9 Å². The maximum Gasteiger partial charge on any atom is 0.245 e. The molecule has 2 aliphatic carbocycles. The van der Waals surface area contributed by atoms with E-state index < -0.39 is 10.0 Å². The van der Waals surface area contributed by atoms with E-state index in [1.165, 1.54) is 36.6 Å². The van der Waals surface area contributed by atoms with Gasteiger partial charge in [0.15, 0.2) is 5.78 Å². The van der Waals surface area contributed by atoms with E-state index in [-0.39, 0.29) is 18.1 Å². The minimum atomic E-state index is -3.63. The molecule has 2 bridgehead atoms. The lowest BCUT2D eigenvalue weighted by molar-refractivity contribution is 0.0730. The van der Waals surface area contributed by atoms with Crippen LogP contribution in [-0.2, 0) is 14.8 Å². The third kappa shape index (κ3) is 6.47. The Morgan fingerprint density at radius 3 is 2.09 bits per heavy atom. The molecule has 0 N–H and O–H groups in total. The van der Waals surface area contributed by atoms with Gasteiger partial charge in [-0.1, -0.05) is 49.0 Å². The van der Waals surface area contributed by atoms with Crippen molar-refractivity contribution < 1.29 is 17.9 Å². The number of fused-ring (bicyclic) bond motifs is 2. The lowest BCUT2D eigenvalue weighted by Gasteiger charge is -2.40. The molecule has 1 saturated heterocycles. The summed E-state index contributed by atoms with van der Waals surface area (Å²) in [5.74, 6) is 1.81. The molecule has 3 atom stereocenters. The number of carbonyl (C=O) groups is 1. The number of hydrogen-bond acceptors (Lipinski definition) is 5. The first-order valence-electron chi connectivity index (χ1n) is 12.7. The topological polar surface area (TPSA) is 66.9 Å². The first-order chi connectivity index (χ1) is 15.8. The third-order valence-electron chi connectivity index (χ3n) is 8.43. The second-order valence-electron chi connectivity index (χ2n) is 10.8. The fraction of sp³-hybridized carbons (Fsp3) is 0.750. The number of ether oxygens (including phenoxy) is 1. The number of ketones is 1. The van der Waals surface area contributed by atoms with E-state index in [1.807, 2.05) is 13.8 Å². The van der Waals surface area contributed by atoms with Gasteiger partial charge < -0.3 is 9.64 Å². The Balaban J connectivity index is 0.000000368. The largest absolute Gasteiger partial charge is 0.379 e. The number of rotatable bonds is 4. The molecule has 3 aliphatic rings. The molecule has 0 aromatic heterocycles. The van der Waals surface area contributed by atoms with Gasteiger partial charge in [0.25, 0.3) is 0 Å². The summed E-state index contributed by atoms with van der Waals surface area (Å²) in [5, 5.41) is 0. The number of hydrogen-bond donors (Lipinski definition) is 0. The lowest BCUT2D eigenvalue weighted by Crippen LogP contribution is -2.41. The summed E-state index contributed by atoms with van der Waals surface area (Å²) in [6, 6.07) is 4.78. The summed E-state index contributed by atoms with van der Waals surface area (Å²) in [5.41, 5.74) is 2.31. The summed E-state index contributed by atoms with van der Waals surface area (Å²) >= 11 is 0. The van der Waals surface area contributed by atoms with Crippen LogP contribution in [0.25, 0.3) is 0 Å². The molecule has 1 aromatic rings. The van der Waals surface area contributed by atoms with Gasteiger partial charge in [0.2, 0.25) is 10.0 Å². The highest BCUT2D eigenvalue weighted by Crippen LogP contribution is 2.65. The molecule has 1 aliphatic heterocycles. The van der Waals surface area contributed by atoms with Crippen LogP contribution in [0.15, 0.2) is 23.1 Å². The highest BCUT2D eigenvalue weighted by Gasteiger charge is 2.56. The highest BCUT2D eigenvalue weighted by molar-refractivity contribution is 7.89. The normalized spacial score (nSPS) is 27.0. The van der Waals surface area contributed by atoms with Crippen LogP contribution in [-0.4, -0.2) is 58.9 Å². The molecule has 202 valence electrons. The maximum absolute atomic E-state index is 12.8. The number of carbonyl (C=O) groups excluding carboxylic acids is 1. The van der Waals surface area contributed by atoms with E-state index in [4.69, 9.17) is 4.74 Å². The van der Waals surface area contributed by atoms with Crippen LogP contribution < -0.4 is 4.90 Å². The second kappa shape index (κ2) is 12.2. The minimum absolute atomic E-state index is 0. The number of benzene rings is 1. The fourth-order valence-corrected chi connectivity index (χ4v) is 7.48. The van der Waals surface area contributed by atoms with Gasteiger partial charge in [-0.15, -0.1) is 0 Å². The Kier molecular flexibility index (Phi) is 11.0. The predicted octanol–water partition coefficient (Wildman–Crippen LogP) is 6.11. The maximum atomic E-state index is 12.8. The average molecular weight is 511 g/mol. The van der Waals surface area contributed by atoms with Crippen molar-refractivity contribution in [2.45, 2.75) is 80.1 Å². The molecule has 35 heavy (non-hydrogen) atoms. The van der Waals surface area contributed by atoms with Crippen molar-refractivity contribution >= 4 is 21.5 Å². The number of anilines is 1. The summed E-state index contributed by atoms with van der Waals surface area (Å²) in [6.45, 7) is 16.8. The van der Waals surface area contributed by atoms with Crippen molar-refractivity contribution in [2.75, 3.05) is 45.3 Å². The quantitative estimate of drug-likeness (QED) is 0.457. The summed E-state index contributed by atoms with van der Waals surface area (Å²) in [6.07, 6.45) is 4.48. The molecule has 2 saturated carbocycles. The highest BCUT2D eigenvalue weighted by atomic mass is 32.2. The molecule has 0 amide bonds. The first kappa shape index (κ1) is 31.6. The van der Waals surface area contributed by atoms with E-state index in [0.717, 1.165) is 11.8 Å². The number of nitrogens with zero attached hydrogens (tertiary/aromatic N) is 2. The molecule has 0 radical (unpaired) electrons. The van der Waals surface area contributed by atoms with Crippen molar-refractivity contribution in [1.29, 1.82) is 0 Å². The molecule has 1 aromatic carbocycles. The minimum Gasteiger partial charge on any atom is -0.379 e. The zero-order chi connectivity index (χ0) is 25.9. The number of morpholine rings is 1. The fourth-order valence-electron chi connectivity index (χ4n) is 5.79. The summed E-state index contributed by atoms with van der Waals surface area (Å²) < 4.78 is 32.2. The van der Waals surface area contributed by atoms with Crippen LogP contribution in [0.4, 0.5) is 5.69 Å². The molecule has 0 spiro atoms. The Hall–Kier alpha value is -1.44. The van der Waals surface area contributed by atoms with E-state index in [9.17, 15) is 13.2 Å². The van der Waals surface area contributed by atoms with Crippen molar-refractivity contribution in [3.8, 4) is 0 Å². The van der Waals surface area contributed by atoms with Crippen LogP contribution in [0, 0.1) is 22.7 Å². The Bertz CT molecular complexity index is 947. The van der Waals surface area contributed by atoms with Crippen LogP contribution in [0.1, 0.15) is 85.5 Å². The molecule has 2 unspecified atom stereocenters. The van der Waals surface area contributed by atoms with Gasteiger partial charge in [-0.3, -0.25) is 4.79 Å².